The summed E-state index contributed by atoms with van der Waals surface area (Å²) >= 11 is 0. The number of furan rings is 1. The van der Waals surface area contributed by atoms with E-state index in [0.717, 1.165) is 38.6 Å². The second-order valence-electron chi connectivity index (χ2n) is 3.67. The van der Waals surface area contributed by atoms with Crippen LogP contribution in [0.1, 0.15) is 5.76 Å². The van der Waals surface area contributed by atoms with Crippen molar-refractivity contribution in [2.75, 3.05) is 40.4 Å². The summed E-state index contributed by atoms with van der Waals surface area (Å²) in [7, 11) is 4.08. The molecule has 0 aliphatic rings. The highest BCUT2D eigenvalue weighted by Crippen LogP contribution is 1.97. The molecule has 0 bridgehead atoms. The van der Waals surface area contributed by atoms with E-state index in [0.29, 0.717) is 0 Å². The molecule has 86 valence electrons. The summed E-state index contributed by atoms with van der Waals surface area (Å²) in [6.45, 7) is 4.13. The first-order valence-electron chi connectivity index (χ1n) is 5.24. The van der Waals surface area contributed by atoms with Crippen LogP contribution in [0.15, 0.2) is 22.8 Å². The van der Waals surface area contributed by atoms with E-state index in [1.54, 1.807) is 6.26 Å². The Morgan fingerprint density at radius 3 is 2.93 bits per heavy atom. The van der Waals surface area contributed by atoms with E-state index in [1.807, 2.05) is 26.2 Å². The van der Waals surface area contributed by atoms with Gasteiger partial charge in [-0.05, 0) is 26.2 Å². The van der Waals surface area contributed by atoms with Gasteiger partial charge in [-0.1, -0.05) is 0 Å². The van der Waals surface area contributed by atoms with E-state index in [4.69, 9.17) is 9.15 Å². The first kappa shape index (κ1) is 12.2. The molecule has 0 unspecified atom stereocenters. The summed E-state index contributed by atoms with van der Waals surface area (Å²) < 4.78 is 10.6. The van der Waals surface area contributed by atoms with Crippen molar-refractivity contribution < 1.29 is 9.15 Å². The normalized spacial score (nSPS) is 11.1. The number of rotatable bonds is 8. The highest BCUT2D eigenvalue weighted by atomic mass is 16.5. The van der Waals surface area contributed by atoms with Crippen molar-refractivity contribution in [3.05, 3.63) is 24.2 Å². The van der Waals surface area contributed by atoms with Gasteiger partial charge in [-0.25, -0.2) is 0 Å². The predicted octanol–water partition coefficient (Wildman–Crippen LogP) is 0.947. The Kier molecular flexibility index (Phi) is 6.08. The van der Waals surface area contributed by atoms with Gasteiger partial charge in [0.25, 0.3) is 0 Å². The Bertz CT molecular complexity index is 235. The van der Waals surface area contributed by atoms with E-state index in [9.17, 15) is 0 Å². The smallest absolute Gasteiger partial charge is 0.117 e. The monoisotopic (exact) mass is 212 g/mol. The number of nitrogens with one attached hydrogen (secondary N) is 1. The lowest BCUT2D eigenvalue weighted by Gasteiger charge is -2.09. The predicted molar refractivity (Wildman–Crippen MR) is 59.8 cm³/mol. The van der Waals surface area contributed by atoms with Crippen LogP contribution in [-0.4, -0.2) is 45.3 Å². The molecule has 1 aromatic heterocycles. The Morgan fingerprint density at radius 2 is 2.27 bits per heavy atom. The summed E-state index contributed by atoms with van der Waals surface area (Å²) in [4.78, 5) is 2.11. The summed E-state index contributed by atoms with van der Waals surface area (Å²) in [6, 6.07) is 3.85. The number of hydrogen-bond acceptors (Lipinski definition) is 4. The minimum absolute atomic E-state index is 0.745. The maximum atomic E-state index is 5.43. The van der Waals surface area contributed by atoms with Crippen molar-refractivity contribution in [2.24, 2.45) is 0 Å². The van der Waals surface area contributed by atoms with E-state index in [2.05, 4.69) is 10.2 Å². The van der Waals surface area contributed by atoms with Crippen molar-refractivity contribution in [3.63, 3.8) is 0 Å². The first-order valence-corrected chi connectivity index (χ1v) is 5.24. The second-order valence-corrected chi connectivity index (χ2v) is 3.67. The quantitative estimate of drug-likeness (QED) is 0.651. The number of likely N-dealkylation sites (N-methyl/N-ethyl adjacent to an activating group) is 1. The van der Waals surface area contributed by atoms with Gasteiger partial charge in [-0.3, -0.25) is 0 Å². The SMILES string of the molecule is CN(C)CCOCCNCc1ccco1. The van der Waals surface area contributed by atoms with Gasteiger partial charge in [0, 0.05) is 13.1 Å². The van der Waals surface area contributed by atoms with Crippen LogP contribution in [0, 0.1) is 0 Å². The Balaban J connectivity index is 1.85. The molecule has 0 amide bonds. The molecule has 4 heteroatoms. The second kappa shape index (κ2) is 7.45. The third-order valence-corrected chi connectivity index (χ3v) is 1.99. The van der Waals surface area contributed by atoms with E-state index < -0.39 is 0 Å². The Morgan fingerprint density at radius 1 is 1.40 bits per heavy atom. The van der Waals surface area contributed by atoms with Gasteiger partial charge < -0.3 is 19.4 Å². The Labute approximate surface area is 91.2 Å². The molecular formula is C11H20N2O2. The topological polar surface area (TPSA) is 37.6 Å². The maximum absolute atomic E-state index is 5.43. The average molecular weight is 212 g/mol. The highest BCUT2D eigenvalue weighted by molar-refractivity contribution is 4.97. The van der Waals surface area contributed by atoms with Crippen LogP contribution in [0.3, 0.4) is 0 Å². The van der Waals surface area contributed by atoms with Gasteiger partial charge in [0.2, 0.25) is 0 Å². The molecule has 0 spiro atoms. The van der Waals surface area contributed by atoms with Gasteiger partial charge in [0.1, 0.15) is 5.76 Å². The minimum Gasteiger partial charge on any atom is -0.468 e. The third-order valence-electron chi connectivity index (χ3n) is 1.99. The zero-order chi connectivity index (χ0) is 10.9. The van der Waals surface area contributed by atoms with Crippen LogP contribution in [0.2, 0.25) is 0 Å². The fourth-order valence-corrected chi connectivity index (χ4v) is 1.12. The summed E-state index contributed by atoms with van der Waals surface area (Å²) in [6.07, 6.45) is 1.69. The molecule has 0 atom stereocenters. The van der Waals surface area contributed by atoms with Gasteiger partial charge in [-0.15, -0.1) is 0 Å². The maximum Gasteiger partial charge on any atom is 0.117 e. The van der Waals surface area contributed by atoms with Crippen LogP contribution in [-0.2, 0) is 11.3 Å². The Hall–Kier alpha value is -0.840. The van der Waals surface area contributed by atoms with Crippen molar-refractivity contribution in [3.8, 4) is 0 Å². The molecule has 1 N–H and O–H groups in total. The number of hydrogen-bond donors (Lipinski definition) is 1. The van der Waals surface area contributed by atoms with Crippen LogP contribution in [0.4, 0.5) is 0 Å². The van der Waals surface area contributed by atoms with Crippen molar-refractivity contribution in [2.45, 2.75) is 6.54 Å². The van der Waals surface area contributed by atoms with Crippen molar-refractivity contribution in [1.82, 2.24) is 10.2 Å². The first-order chi connectivity index (χ1) is 7.29. The van der Waals surface area contributed by atoms with E-state index in [-0.39, 0.29) is 0 Å². The van der Waals surface area contributed by atoms with E-state index >= 15 is 0 Å². The largest absolute Gasteiger partial charge is 0.468 e. The molecule has 0 saturated carbocycles. The third kappa shape index (κ3) is 6.28. The minimum atomic E-state index is 0.745. The van der Waals surface area contributed by atoms with Gasteiger partial charge in [-0.2, -0.15) is 0 Å². The molecule has 0 radical (unpaired) electrons. The number of ether oxygens (including phenoxy) is 1. The zero-order valence-electron chi connectivity index (χ0n) is 9.53. The lowest BCUT2D eigenvalue weighted by atomic mass is 10.4. The molecular weight excluding hydrogens is 192 g/mol. The van der Waals surface area contributed by atoms with Crippen LogP contribution >= 0.6 is 0 Å². The standard InChI is InChI=1S/C11H20N2O2/c1-13(2)6-9-14-8-5-12-10-11-4-3-7-15-11/h3-4,7,12H,5-6,8-10H2,1-2H3. The molecule has 1 aromatic rings. The van der Waals surface area contributed by atoms with Crippen molar-refractivity contribution in [1.29, 1.82) is 0 Å². The fourth-order valence-electron chi connectivity index (χ4n) is 1.12. The summed E-state index contributed by atoms with van der Waals surface area (Å²) in [5.41, 5.74) is 0. The molecule has 0 aliphatic heterocycles. The molecule has 1 heterocycles. The molecule has 0 saturated heterocycles. The van der Waals surface area contributed by atoms with E-state index in [1.165, 1.54) is 0 Å². The van der Waals surface area contributed by atoms with Gasteiger partial charge in [0.15, 0.2) is 0 Å². The van der Waals surface area contributed by atoms with Crippen LogP contribution in [0.5, 0.6) is 0 Å². The summed E-state index contributed by atoms with van der Waals surface area (Å²) in [5, 5.41) is 3.24. The lowest BCUT2D eigenvalue weighted by Crippen LogP contribution is -2.22. The van der Waals surface area contributed by atoms with Crippen LogP contribution < -0.4 is 5.32 Å². The molecule has 0 fully saturated rings. The van der Waals surface area contributed by atoms with Crippen molar-refractivity contribution >= 4 is 0 Å². The molecule has 0 aliphatic carbocycles. The number of nitrogens with zero attached hydrogens (tertiary/aromatic N) is 1. The lowest BCUT2D eigenvalue weighted by molar-refractivity contribution is 0.119. The fraction of sp³-hybridized carbons (Fsp3) is 0.636. The molecule has 15 heavy (non-hydrogen) atoms. The molecule has 4 nitrogen and oxygen atoms in total. The molecule has 1 rings (SSSR count). The van der Waals surface area contributed by atoms with Crippen LogP contribution in [0.25, 0.3) is 0 Å². The average Bonchev–Trinajstić information content (AvgIpc) is 2.68. The van der Waals surface area contributed by atoms with Gasteiger partial charge in [0.05, 0.1) is 26.0 Å². The van der Waals surface area contributed by atoms with Gasteiger partial charge >= 0.3 is 0 Å². The highest BCUT2D eigenvalue weighted by Gasteiger charge is 1.94. The zero-order valence-corrected chi connectivity index (χ0v) is 9.53. The molecule has 0 aromatic carbocycles. The summed E-state index contributed by atoms with van der Waals surface area (Å²) in [5.74, 6) is 0.961.